The van der Waals surface area contributed by atoms with E-state index in [0.29, 0.717) is 11.5 Å². The lowest BCUT2D eigenvalue weighted by Crippen LogP contribution is -2.45. The van der Waals surface area contributed by atoms with Crippen LogP contribution in [0.15, 0.2) is 24.3 Å². The van der Waals surface area contributed by atoms with E-state index in [1.54, 1.807) is 4.68 Å². The lowest BCUT2D eigenvalue weighted by atomic mass is 9.92. The molecule has 0 saturated heterocycles. The molecule has 1 heterocycles. The number of nitrogens with one attached hydrogen (secondary N) is 2. The first-order valence-corrected chi connectivity index (χ1v) is 10.9. The van der Waals surface area contributed by atoms with E-state index in [1.807, 2.05) is 40.7 Å². The van der Waals surface area contributed by atoms with E-state index in [2.05, 4.69) is 31.4 Å². The fourth-order valence-corrected chi connectivity index (χ4v) is 3.12. The van der Waals surface area contributed by atoms with Crippen molar-refractivity contribution in [1.82, 2.24) is 14.7 Å². The van der Waals surface area contributed by atoms with Gasteiger partial charge in [0.1, 0.15) is 18.2 Å². The van der Waals surface area contributed by atoms with E-state index < -0.39 is 11.8 Å². The molecule has 0 aliphatic rings. The molecule has 1 aromatic heterocycles. The van der Waals surface area contributed by atoms with Crippen LogP contribution in [-0.4, -0.2) is 39.2 Å². The van der Waals surface area contributed by atoms with E-state index in [1.165, 1.54) is 23.1 Å². The number of urea groups is 1. The first kappa shape index (κ1) is 25.6. The van der Waals surface area contributed by atoms with Gasteiger partial charge < -0.3 is 15.5 Å². The fourth-order valence-electron chi connectivity index (χ4n) is 2.94. The Morgan fingerprint density at radius 2 is 1.75 bits per heavy atom. The minimum absolute atomic E-state index is 0.0956. The molecule has 176 valence electrons. The summed E-state index contributed by atoms with van der Waals surface area (Å²) >= 11 is 5.79. The quantitative estimate of drug-likeness (QED) is 0.602. The second-order valence-corrected chi connectivity index (χ2v) is 10.5. The summed E-state index contributed by atoms with van der Waals surface area (Å²) in [5, 5.41) is 10.2. The van der Waals surface area contributed by atoms with Crippen LogP contribution >= 0.6 is 11.6 Å². The van der Waals surface area contributed by atoms with Crippen LogP contribution in [-0.2, 0) is 15.7 Å². The number of carbonyl (C=O) groups excluding carboxylic acids is 2. The lowest BCUT2D eigenvalue weighted by Gasteiger charge is -2.27. The number of halogens is 2. The zero-order valence-corrected chi connectivity index (χ0v) is 20.8. The summed E-state index contributed by atoms with van der Waals surface area (Å²) in [6.07, 6.45) is 0. The fraction of sp³-hybridized carbons (Fsp3) is 0.522. The van der Waals surface area contributed by atoms with Crippen LogP contribution in [0.5, 0.6) is 0 Å². The van der Waals surface area contributed by atoms with Crippen molar-refractivity contribution in [2.45, 2.75) is 72.4 Å². The summed E-state index contributed by atoms with van der Waals surface area (Å²) in [6.45, 7) is 15.6. The van der Waals surface area contributed by atoms with Gasteiger partial charge in [0.2, 0.25) is 5.91 Å². The first-order chi connectivity index (χ1) is 14.6. The highest BCUT2D eigenvalue weighted by molar-refractivity contribution is 6.31. The summed E-state index contributed by atoms with van der Waals surface area (Å²) in [5.74, 6) is -0.353. The summed E-state index contributed by atoms with van der Waals surface area (Å²) < 4.78 is 15.2. The maximum Gasteiger partial charge on any atom is 0.322 e. The van der Waals surface area contributed by atoms with Crippen molar-refractivity contribution in [1.29, 1.82) is 0 Å². The minimum Gasteiger partial charge on any atom is -0.313 e. The van der Waals surface area contributed by atoms with Crippen LogP contribution in [0.3, 0.4) is 0 Å². The number of anilines is 2. The van der Waals surface area contributed by atoms with Crippen LogP contribution in [0.2, 0.25) is 5.02 Å². The highest BCUT2D eigenvalue weighted by Gasteiger charge is 2.27. The van der Waals surface area contributed by atoms with Gasteiger partial charge in [0, 0.05) is 23.2 Å². The van der Waals surface area contributed by atoms with Crippen LogP contribution < -0.4 is 10.6 Å². The third-order valence-electron chi connectivity index (χ3n) is 4.75. The summed E-state index contributed by atoms with van der Waals surface area (Å²) in [6, 6.07) is 5.03. The third kappa shape index (κ3) is 6.45. The Labute approximate surface area is 194 Å². The van der Waals surface area contributed by atoms with Gasteiger partial charge in [0.25, 0.3) is 0 Å². The van der Waals surface area contributed by atoms with Crippen molar-refractivity contribution in [2.24, 2.45) is 0 Å². The molecular weight excluding hydrogens is 433 g/mol. The Morgan fingerprint density at radius 3 is 2.25 bits per heavy atom. The van der Waals surface area contributed by atoms with Crippen molar-refractivity contribution in [3.63, 3.8) is 0 Å². The highest BCUT2D eigenvalue weighted by Crippen LogP contribution is 2.28. The van der Waals surface area contributed by atoms with Gasteiger partial charge in [-0.05, 0) is 52.8 Å². The van der Waals surface area contributed by atoms with Crippen LogP contribution in [0.25, 0.3) is 0 Å². The Kier molecular flexibility index (Phi) is 7.60. The molecule has 7 nitrogen and oxygen atoms in total. The number of carbonyl (C=O) groups is 2. The molecule has 2 rings (SSSR count). The second kappa shape index (κ2) is 9.48. The summed E-state index contributed by atoms with van der Waals surface area (Å²) in [7, 11) is 0. The second-order valence-electron chi connectivity index (χ2n) is 10.1. The van der Waals surface area contributed by atoms with Crippen LogP contribution in [0, 0.1) is 5.82 Å². The average molecular weight is 466 g/mol. The summed E-state index contributed by atoms with van der Waals surface area (Å²) in [4.78, 5) is 27.0. The molecule has 0 bridgehead atoms. The van der Waals surface area contributed by atoms with Crippen molar-refractivity contribution >= 4 is 35.0 Å². The normalized spacial score (nSPS) is 12.1. The number of hydrogen-bond donors (Lipinski definition) is 2. The molecule has 9 heteroatoms. The van der Waals surface area contributed by atoms with Crippen molar-refractivity contribution in [3.05, 3.63) is 40.8 Å². The largest absolute Gasteiger partial charge is 0.322 e. The maximum atomic E-state index is 13.4. The zero-order valence-electron chi connectivity index (χ0n) is 20.0. The molecule has 0 saturated carbocycles. The molecule has 1 aromatic carbocycles. The van der Waals surface area contributed by atoms with Crippen LogP contribution in [0.4, 0.5) is 20.7 Å². The minimum atomic E-state index is -0.574. The number of hydrogen-bond acceptors (Lipinski definition) is 3. The number of rotatable bonds is 5. The molecule has 0 unspecified atom stereocenters. The van der Waals surface area contributed by atoms with E-state index in [4.69, 9.17) is 16.7 Å². The van der Waals surface area contributed by atoms with Gasteiger partial charge in [-0.15, -0.1) is 0 Å². The Balaban J connectivity index is 2.19. The predicted molar refractivity (Wildman–Crippen MR) is 127 cm³/mol. The van der Waals surface area contributed by atoms with Crippen molar-refractivity contribution in [3.8, 4) is 0 Å². The monoisotopic (exact) mass is 465 g/mol. The van der Waals surface area contributed by atoms with E-state index >= 15 is 0 Å². The van der Waals surface area contributed by atoms with Gasteiger partial charge in [-0.3, -0.25) is 4.79 Å². The van der Waals surface area contributed by atoms with E-state index in [-0.39, 0.29) is 34.5 Å². The van der Waals surface area contributed by atoms with Gasteiger partial charge in [0.05, 0.1) is 16.3 Å². The standard InChI is InChI=1S/C23H33ClFN5O2/c1-14(2)29(21(32)26-15-9-10-17(25)16(24)11-15)13-20(31)27-19-12-18(22(3,4)5)28-30(19)23(6,7)8/h9-12,14H,13H2,1-8H3,(H,26,32)(H,27,31). The van der Waals surface area contributed by atoms with Crippen molar-refractivity contribution < 1.29 is 14.0 Å². The van der Waals surface area contributed by atoms with Gasteiger partial charge >= 0.3 is 6.03 Å². The Bertz CT molecular complexity index is 989. The first-order valence-electron chi connectivity index (χ1n) is 10.5. The van der Waals surface area contributed by atoms with Gasteiger partial charge in [-0.25, -0.2) is 13.9 Å². The summed E-state index contributed by atoms with van der Waals surface area (Å²) in [5.41, 5.74) is 0.668. The molecule has 0 spiro atoms. The molecule has 0 aliphatic carbocycles. The van der Waals surface area contributed by atoms with Gasteiger partial charge in [0.15, 0.2) is 0 Å². The molecule has 2 aromatic rings. The average Bonchev–Trinajstić information content (AvgIpc) is 3.07. The number of amides is 3. The Morgan fingerprint density at radius 1 is 1.12 bits per heavy atom. The molecule has 3 amide bonds. The van der Waals surface area contributed by atoms with Gasteiger partial charge in [-0.2, -0.15) is 5.10 Å². The molecule has 0 atom stereocenters. The smallest absolute Gasteiger partial charge is 0.313 e. The lowest BCUT2D eigenvalue weighted by molar-refractivity contribution is -0.117. The number of aromatic nitrogens is 2. The molecule has 32 heavy (non-hydrogen) atoms. The van der Waals surface area contributed by atoms with E-state index in [0.717, 1.165) is 5.69 Å². The molecule has 0 fully saturated rings. The molecule has 0 radical (unpaired) electrons. The Hall–Kier alpha value is -2.61. The van der Waals surface area contributed by atoms with Crippen LogP contribution in [0.1, 0.15) is 61.1 Å². The molecular formula is C23H33ClFN5O2. The molecule has 2 N–H and O–H groups in total. The molecule has 0 aliphatic heterocycles. The number of nitrogens with zero attached hydrogens (tertiary/aromatic N) is 3. The highest BCUT2D eigenvalue weighted by atomic mass is 35.5. The maximum absolute atomic E-state index is 13.4. The predicted octanol–water partition coefficient (Wildman–Crippen LogP) is 5.61. The van der Waals surface area contributed by atoms with E-state index in [9.17, 15) is 14.0 Å². The van der Waals surface area contributed by atoms with Gasteiger partial charge in [-0.1, -0.05) is 32.4 Å². The topological polar surface area (TPSA) is 79.3 Å². The SMILES string of the molecule is CC(C)N(CC(=O)Nc1cc(C(C)(C)C)nn1C(C)(C)C)C(=O)Nc1ccc(F)c(Cl)c1. The number of benzene rings is 1. The zero-order chi connectivity index (χ0) is 24.4. The third-order valence-corrected chi connectivity index (χ3v) is 5.04. The van der Waals surface area contributed by atoms with Crippen molar-refractivity contribution in [2.75, 3.05) is 17.2 Å².